The molecule has 0 aliphatic rings. The fourth-order valence-corrected chi connectivity index (χ4v) is 4.33. The van der Waals surface area contributed by atoms with Crippen LogP contribution in [0.4, 0.5) is 0 Å². The van der Waals surface area contributed by atoms with Crippen LogP contribution in [0.5, 0.6) is 5.06 Å². The molecule has 2 aromatic rings. The van der Waals surface area contributed by atoms with E-state index < -0.39 is 0 Å². The maximum absolute atomic E-state index is 5.54. The van der Waals surface area contributed by atoms with Crippen LogP contribution in [0, 0.1) is 0 Å². The monoisotopic (exact) mass is 268 g/mol. The Morgan fingerprint density at radius 2 is 1.94 bits per heavy atom. The molecule has 2 aromatic heterocycles. The second kappa shape index (κ2) is 5.87. The molecule has 3 heteroatoms. The fraction of sp³-hybridized carbons (Fsp3) is 0.571. The number of fused-ring (bicyclic) bond motifs is 1. The number of hydrogen-bond acceptors (Lipinski definition) is 3. The Morgan fingerprint density at radius 3 is 2.59 bits per heavy atom. The summed E-state index contributed by atoms with van der Waals surface area (Å²) in [6.45, 7) is 7.39. The van der Waals surface area contributed by atoms with Crippen molar-refractivity contribution in [2.24, 2.45) is 0 Å². The van der Waals surface area contributed by atoms with E-state index >= 15 is 0 Å². The van der Waals surface area contributed by atoms with Gasteiger partial charge in [0, 0.05) is 20.3 Å². The molecule has 2 heterocycles. The van der Waals surface area contributed by atoms with Gasteiger partial charge in [-0.1, -0.05) is 38.0 Å². The van der Waals surface area contributed by atoms with Crippen molar-refractivity contribution in [1.29, 1.82) is 0 Å². The summed E-state index contributed by atoms with van der Waals surface area (Å²) in [6, 6.07) is 4.54. The van der Waals surface area contributed by atoms with Gasteiger partial charge in [-0.2, -0.15) is 0 Å². The summed E-state index contributed by atoms with van der Waals surface area (Å²) in [7, 11) is 0. The normalized spacial score (nSPS) is 13.1. The summed E-state index contributed by atoms with van der Waals surface area (Å²) in [5.41, 5.74) is 0. The molecule has 17 heavy (non-hydrogen) atoms. The van der Waals surface area contributed by atoms with Gasteiger partial charge >= 0.3 is 0 Å². The van der Waals surface area contributed by atoms with Gasteiger partial charge in [-0.05, 0) is 25.3 Å². The van der Waals surface area contributed by atoms with Crippen molar-refractivity contribution in [2.45, 2.75) is 46.0 Å². The molecule has 0 spiro atoms. The lowest BCUT2D eigenvalue weighted by Crippen LogP contribution is -1.89. The van der Waals surface area contributed by atoms with Gasteiger partial charge in [-0.3, -0.25) is 0 Å². The number of rotatable bonds is 6. The minimum Gasteiger partial charge on any atom is -0.484 e. The summed E-state index contributed by atoms with van der Waals surface area (Å²) in [4.78, 5) is 1.53. The molecule has 0 fully saturated rings. The van der Waals surface area contributed by atoms with Crippen LogP contribution in [0.2, 0.25) is 0 Å². The highest BCUT2D eigenvalue weighted by Gasteiger charge is 2.12. The molecule has 1 nitrogen and oxygen atoms in total. The van der Waals surface area contributed by atoms with Crippen molar-refractivity contribution in [1.82, 2.24) is 0 Å². The van der Waals surface area contributed by atoms with Crippen molar-refractivity contribution >= 4 is 32.1 Å². The average molecular weight is 268 g/mol. The lowest BCUT2D eigenvalue weighted by Gasteiger charge is -2.07. The summed E-state index contributed by atoms with van der Waals surface area (Å²) in [5.74, 6) is 0.704. The van der Waals surface area contributed by atoms with E-state index in [4.69, 9.17) is 4.74 Å². The van der Waals surface area contributed by atoms with Gasteiger partial charge in [0.15, 0.2) is 5.06 Å². The van der Waals surface area contributed by atoms with E-state index in [1.165, 1.54) is 33.5 Å². The zero-order chi connectivity index (χ0) is 12.3. The van der Waals surface area contributed by atoms with Crippen LogP contribution in [0.15, 0.2) is 12.1 Å². The average Bonchev–Trinajstić information content (AvgIpc) is 2.84. The summed E-state index contributed by atoms with van der Waals surface area (Å²) in [6.07, 6.45) is 3.93. The van der Waals surface area contributed by atoms with E-state index in [0.717, 1.165) is 11.7 Å². The van der Waals surface area contributed by atoms with Crippen molar-refractivity contribution in [3.8, 4) is 5.06 Å². The minimum absolute atomic E-state index is 0.704. The van der Waals surface area contributed by atoms with Crippen molar-refractivity contribution < 1.29 is 4.74 Å². The Labute approximate surface area is 111 Å². The Kier molecular flexibility index (Phi) is 4.46. The SMILES string of the molecule is CCCCC(C)c1cc2sc(OCC)cc2s1. The standard InChI is InChI=1S/C14H20OS2/c1-4-6-7-10(3)11-8-12-13(16-11)9-14(17-12)15-5-2/h8-10H,4-7H2,1-3H3. The quantitative estimate of drug-likeness (QED) is 0.657. The van der Waals surface area contributed by atoms with Gasteiger partial charge in [0.25, 0.3) is 0 Å². The van der Waals surface area contributed by atoms with Crippen LogP contribution >= 0.6 is 22.7 Å². The molecule has 94 valence electrons. The van der Waals surface area contributed by atoms with Gasteiger partial charge in [0.1, 0.15) is 0 Å². The molecule has 0 bridgehead atoms. The van der Waals surface area contributed by atoms with Gasteiger partial charge < -0.3 is 4.74 Å². The molecule has 2 rings (SSSR count). The van der Waals surface area contributed by atoms with E-state index in [-0.39, 0.29) is 0 Å². The Balaban J connectivity index is 2.12. The van der Waals surface area contributed by atoms with Gasteiger partial charge in [-0.25, -0.2) is 0 Å². The summed E-state index contributed by atoms with van der Waals surface area (Å²) >= 11 is 3.71. The second-order valence-corrected chi connectivity index (χ2v) is 6.58. The molecular formula is C14H20OS2. The van der Waals surface area contributed by atoms with Gasteiger partial charge in [-0.15, -0.1) is 11.3 Å². The highest BCUT2D eigenvalue weighted by atomic mass is 32.1. The second-order valence-electron chi connectivity index (χ2n) is 4.42. The first-order chi connectivity index (χ1) is 8.24. The van der Waals surface area contributed by atoms with E-state index in [9.17, 15) is 0 Å². The third kappa shape index (κ3) is 3.02. The minimum atomic E-state index is 0.704. The summed E-state index contributed by atoms with van der Waals surface area (Å²) < 4.78 is 8.31. The first kappa shape index (κ1) is 12.9. The maximum Gasteiger partial charge on any atom is 0.175 e. The van der Waals surface area contributed by atoms with Crippen molar-refractivity contribution in [3.05, 3.63) is 17.0 Å². The third-order valence-electron chi connectivity index (χ3n) is 2.97. The predicted octanol–water partition coefficient (Wildman–Crippen LogP) is 5.66. The number of thiophene rings is 2. The predicted molar refractivity (Wildman–Crippen MR) is 78.8 cm³/mol. The molecule has 1 unspecified atom stereocenters. The smallest absolute Gasteiger partial charge is 0.175 e. The Bertz CT molecular complexity index is 438. The van der Waals surface area contributed by atoms with E-state index in [1.807, 2.05) is 18.3 Å². The number of ether oxygens (including phenoxy) is 1. The van der Waals surface area contributed by atoms with Crippen LogP contribution in [0.25, 0.3) is 9.40 Å². The molecular weight excluding hydrogens is 248 g/mol. The zero-order valence-electron chi connectivity index (χ0n) is 10.8. The summed E-state index contributed by atoms with van der Waals surface area (Å²) in [5, 5.41) is 1.06. The molecule has 0 saturated heterocycles. The Morgan fingerprint density at radius 1 is 1.18 bits per heavy atom. The van der Waals surface area contributed by atoms with Crippen molar-refractivity contribution in [3.63, 3.8) is 0 Å². The first-order valence-corrected chi connectivity index (χ1v) is 8.04. The zero-order valence-corrected chi connectivity index (χ0v) is 12.4. The van der Waals surface area contributed by atoms with Gasteiger partial charge in [0.2, 0.25) is 0 Å². The molecule has 0 aromatic carbocycles. The van der Waals surface area contributed by atoms with Crippen LogP contribution in [0.3, 0.4) is 0 Å². The molecule has 0 aliphatic heterocycles. The lowest BCUT2D eigenvalue weighted by atomic mass is 10.0. The van der Waals surface area contributed by atoms with Crippen LogP contribution in [-0.4, -0.2) is 6.61 Å². The molecule has 0 radical (unpaired) electrons. The van der Waals surface area contributed by atoms with Crippen molar-refractivity contribution in [2.75, 3.05) is 6.61 Å². The first-order valence-electron chi connectivity index (χ1n) is 6.40. The third-order valence-corrected chi connectivity index (χ3v) is 5.40. The van der Waals surface area contributed by atoms with E-state index in [1.54, 1.807) is 11.3 Å². The van der Waals surface area contributed by atoms with Crippen LogP contribution < -0.4 is 4.74 Å². The Hall–Kier alpha value is -0.540. The highest BCUT2D eigenvalue weighted by molar-refractivity contribution is 7.28. The molecule has 0 N–H and O–H groups in total. The van der Waals surface area contributed by atoms with Crippen LogP contribution in [-0.2, 0) is 0 Å². The van der Waals surface area contributed by atoms with Gasteiger partial charge in [0.05, 0.1) is 6.61 Å². The fourth-order valence-electron chi connectivity index (χ4n) is 1.94. The molecule has 1 atom stereocenters. The maximum atomic E-state index is 5.54. The number of unbranched alkanes of at least 4 members (excludes halogenated alkanes) is 1. The largest absolute Gasteiger partial charge is 0.484 e. The topological polar surface area (TPSA) is 9.23 Å². The van der Waals surface area contributed by atoms with E-state index in [2.05, 4.69) is 26.0 Å². The highest BCUT2D eigenvalue weighted by Crippen LogP contribution is 2.40. The lowest BCUT2D eigenvalue weighted by molar-refractivity contribution is 0.350. The molecule has 0 aliphatic carbocycles. The number of hydrogen-bond donors (Lipinski definition) is 0. The molecule has 0 amide bonds. The van der Waals surface area contributed by atoms with E-state index in [0.29, 0.717) is 5.92 Å². The molecule has 0 saturated carbocycles. The van der Waals surface area contributed by atoms with Crippen LogP contribution in [0.1, 0.15) is 50.8 Å².